The molecule has 1 fully saturated rings. The molecule has 0 bridgehead atoms. The Morgan fingerprint density at radius 3 is 2.09 bits per heavy atom. The van der Waals surface area contributed by atoms with Gasteiger partial charge in [-0.25, -0.2) is 4.79 Å². The number of piperidine rings is 1. The van der Waals surface area contributed by atoms with Gasteiger partial charge in [-0.15, -0.1) is 0 Å². The molecule has 0 saturated carbocycles. The largest absolute Gasteiger partial charge is 0.473 e. The van der Waals surface area contributed by atoms with Gasteiger partial charge in [0.05, 0.1) is 24.9 Å². The lowest BCUT2D eigenvalue weighted by Crippen LogP contribution is -2.37. The molecule has 4 rings (SSSR count). The maximum absolute atomic E-state index is 11.9. The Hall–Kier alpha value is -3.32. The number of rotatable bonds is 7. The molecule has 180 valence electrons. The average molecular weight is 465 g/mol. The van der Waals surface area contributed by atoms with E-state index in [-0.39, 0.29) is 24.0 Å². The second-order valence-corrected chi connectivity index (χ2v) is 8.91. The second kappa shape index (κ2) is 10.7. The normalized spacial score (nSPS) is 15.5. The number of carbonyl (C=O) groups excluding carboxylic acids is 1. The van der Waals surface area contributed by atoms with Gasteiger partial charge >= 0.3 is 6.09 Å². The van der Waals surface area contributed by atoms with Crippen molar-refractivity contribution in [3.8, 4) is 5.88 Å². The molecule has 2 heterocycles. The highest BCUT2D eigenvalue weighted by atomic mass is 16.5. The van der Waals surface area contributed by atoms with E-state index in [9.17, 15) is 9.90 Å². The topological polar surface area (TPSA) is 85.0 Å². The van der Waals surface area contributed by atoms with Crippen molar-refractivity contribution in [2.45, 2.75) is 50.7 Å². The van der Waals surface area contributed by atoms with E-state index >= 15 is 0 Å². The Morgan fingerprint density at radius 1 is 1.03 bits per heavy atom. The zero-order valence-electron chi connectivity index (χ0n) is 19.9. The molecule has 1 aliphatic rings. The molecule has 7 nitrogen and oxygen atoms in total. The van der Waals surface area contributed by atoms with Crippen LogP contribution in [-0.4, -0.2) is 47.6 Å². The number of hydrogen-bond acceptors (Lipinski definition) is 6. The molecule has 1 aliphatic heterocycles. The third-order valence-corrected chi connectivity index (χ3v) is 6.30. The molecule has 3 aromatic rings. The van der Waals surface area contributed by atoms with Gasteiger partial charge in [-0.2, -0.15) is 0 Å². The van der Waals surface area contributed by atoms with Crippen molar-refractivity contribution in [2.24, 2.45) is 0 Å². The summed E-state index contributed by atoms with van der Waals surface area (Å²) in [4.78, 5) is 13.6. The van der Waals surface area contributed by atoms with E-state index in [4.69, 9.17) is 14.0 Å². The van der Waals surface area contributed by atoms with E-state index in [2.05, 4.69) is 5.16 Å². The van der Waals surface area contributed by atoms with E-state index in [1.54, 1.807) is 4.90 Å². The number of ether oxygens (including phenoxy) is 2. The van der Waals surface area contributed by atoms with Gasteiger partial charge in [-0.1, -0.05) is 60.7 Å². The van der Waals surface area contributed by atoms with Crippen LogP contribution in [0.3, 0.4) is 0 Å². The Balaban J connectivity index is 1.72. The minimum absolute atomic E-state index is 0.00904. The average Bonchev–Trinajstić information content (AvgIpc) is 3.28. The van der Waals surface area contributed by atoms with Crippen molar-refractivity contribution in [1.82, 2.24) is 10.1 Å². The molecular weight excluding hydrogens is 432 g/mol. The fourth-order valence-corrected chi connectivity index (χ4v) is 4.67. The molecule has 1 aromatic heterocycles. The van der Waals surface area contributed by atoms with Crippen LogP contribution in [0.25, 0.3) is 0 Å². The first-order valence-electron chi connectivity index (χ1n) is 11.8. The number of amides is 1. The number of benzene rings is 2. The molecule has 1 atom stereocenters. The van der Waals surface area contributed by atoms with E-state index in [0.29, 0.717) is 43.1 Å². The molecule has 2 aromatic carbocycles. The maximum Gasteiger partial charge on any atom is 0.409 e. The summed E-state index contributed by atoms with van der Waals surface area (Å²) >= 11 is 0. The van der Waals surface area contributed by atoms with Crippen LogP contribution in [0.5, 0.6) is 5.88 Å². The summed E-state index contributed by atoms with van der Waals surface area (Å²) in [5, 5.41) is 16.1. The van der Waals surface area contributed by atoms with E-state index in [1.165, 1.54) is 7.11 Å². The maximum atomic E-state index is 11.9. The number of nitrogens with zero attached hydrogens (tertiary/aromatic N) is 2. The zero-order chi connectivity index (χ0) is 24.1. The second-order valence-electron chi connectivity index (χ2n) is 8.91. The molecule has 34 heavy (non-hydrogen) atoms. The number of aromatic nitrogens is 1. The van der Waals surface area contributed by atoms with E-state index < -0.39 is 6.10 Å². The summed E-state index contributed by atoms with van der Waals surface area (Å²) in [7, 11) is 1.39. The number of methoxy groups -OCH3 is 1. The van der Waals surface area contributed by atoms with Crippen LogP contribution in [-0.2, 0) is 4.74 Å². The van der Waals surface area contributed by atoms with Gasteiger partial charge < -0.3 is 24.0 Å². The van der Waals surface area contributed by atoms with E-state index in [1.807, 2.05) is 74.5 Å². The van der Waals surface area contributed by atoms with Gasteiger partial charge in [0, 0.05) is 24.9 Å². The summed E-state index contributed by atoms with van der Waals surface area (Å²) in [5.74, 6) is 0.634. The Kier molecular flexibility index (Phi) is 7.53. The molecule has 7 heteroatoms. The van der Waals surface area contributed by atoms with Crippen molar-refractivity contribution < 1.29 is 23.9 Å². The lowest BCUT2D eigenvalue weighted by atomic mass is 9.81. The molecule has 0 aliphatic carbocycles. The zero-order valence-corrected chi connectivity index (χ0v) is 19.9. The van der Waals surface area contributed by atoms with E-state index in [0.717, 1.165) is 11.1 Å². The summed E-state index contributed by atoms with van der Waals surface area (Å²) in [6.45, 7) is 4.94. The van der Waals surface area contributed by atoms with Gasteiger partial charge in [0.1, 0.15) is 5.76 Å². The van der Waals surface area contributed by atoms with Crippen LogP contribution >= 0.6 is 0 Å². The van der Waals surface area contributed by atoms with Crippen LogP contribution < -0.4 is 4.74 Å². The number of likely N-dealkylation sites (tertiary alicyclic amines) is 1. The molecule has 0 radical (unpaired) electrons. The number of hydrogen-bond donors (Lipinski definition) is 1. The third kappa shape index (κ3) is 5.09. The van der Waals surface area contributed by atoms with Crippen LogP contribution in [0, 0.1) is 0 Å². The van der Waals surface area contributed by atoms with Gasteiger partial charge in [-0.3, -0.25) is 0 Å². The van der Waals surface area contributed by atoms with Crippen molar-refractivity contribution in [3.63, 3.8) is 0 Å². The number of aliphatic hydroxyl groups is 1. The van der Waals surface area contributed by atoms with Gasteiger partial charge in [0.2, 0.25) is 0 Å². The highest BCUT2D eigenvalue weighted by Crippen LogP contribution is 2.45. The minimum Gasteiger partial charge on any atom is -0.473 e. The predicted octanol–water partition coefficient (Wildman–Crippen LogP) is 5.27. The molecule has 1 saturated heterocycles. The quantitative estimate of drug-likeness (QED) is 0.513. The Labute approximate surface area is 200 Å². The SMILES string of the molecule is COC(=O)N1CCC(c2onc(OC(C)C)c2C(O)C(c2ccccc2)c2ccccc2)CC1. The summed E-state index contributed by atoms with van der Waals surface area (Å²) in [6.07, 6.45) is -0.0115. The van der Waals surface area contributed by atoms with Gasteiger partial charge in [-0.05, 0) is 43.0 Å². The third-order valence-electron chi connectivity index (χ3n) is 6.30. The molecule has 1 N–H and O–H groups in total. The first kappa shape index (κ1) is 23.8. The first-order chi connectivity index (χ1) is 16.5. The monoisotopic (exact) mass is 464 g/mol. The standard InChI is InChI=1S/C27H32N2O5/c1-18(2)33-26-23(25(34-28-26)21-14-16-29(17-15-21)27(31)32-3)24(30)22(19-10-6-4-7-11-19)20-12-8-5-9-13-20/h4-13,18,21-22,24,30H,14-17H2,1-3H3. The lowest BCUT2D eigenvalue weighted by molar-refractivity contribution is 0.109. The molecule has 1 unspecified atom stereocenters. The Bertz CT molecular complexity index is 1020. The van der Waals surface area contributed by atoms with Gasteiger partial charge in [0.15, 0.2) is 0 Å². The number of aliphatic hydroxyl groups excluding tert-OH is 1. The van der Waals surface area contributed by atoms with Crippen molar-refractivity contribution in [2.75, 3.05) is 20.2 Å². The number of carbonyl (C=O) groups is 1. The first-order valence-corrected chi connectivity index (χ1v) is 11.8. The minimum atomic E-state index is -0.932. The summed E-state index contributed by atoms with van der Waals surface area (Å²) < 4.78 is 16.7. The lowest BCUT2D eigenvalue weighted by Gasteiger charge is -2.31. The molecule has 0 spiro atoms. The van der Waals surface area contributed by atoms with Crippen LogP contribution in [0.4, 0.5) is 4.79 Å². The Morgan fingerprint density at radius 2 is 1.59 bits per heavy atom. The fraction of sp³-hybridized carbons (Fsp3) is 0.407. The van der Waals surface area contributed by atoms with Crippen LogP contribution in [0.2, 0.25) is 0 Å². The summed E-state index contributed by atoms with van der Waals surface area (Å²) in [6, 6.07) is 19.9. The predicted molar refractivity (Wildman–Crippen MR) is 128 cm³/mol. The molecule has 1 amide bonds. The van der Waals surface area contributed by atoms with Crippen LogP contribution in [0.1, 0.15) is 67.1 Å². The van der Waals surface area contributed by atoms with Crippen molar-refractivity contribution in [1.29, 1.82) is 0 Å². The highest BCUT2D eigenvalue weighted by Gasteiger charge is 2.37. The van der Waals surface area contributed by atoms with Crippen molar-refractivity contribution in [3.05, 3.63) is 83.1 Å². The molecular formula is C27H32N2O5. The summed E-state index contributed by atoms with van der Waals surface area (Å²) in [5.41, 5.74) is 2.57. The van der Waals surface area contributed by atoms with Crippen LogP contribution in [0.15, 0.2) is 65.2 Å². The smallest absolute Gasteiger partial charge is 0.409 e. The van der Waals surface area contributed by atoms with Crippen molar-refractivity contribution >= 4 is 6.09 Å². The van der Waals surface area contributed by atoms with Gasteiger partial charge in [0.25, 0.3) is 5.88 Å². The highest BCUT2D eigenvalue weighted by molar-refractivity contribution is 5.67. The fourth-order valence-electron chi connectivity index (χ4n) is 4.67.